The van der Waals surface area contributed by atoms with Crippen molar-refractivity contribution in [3.63, 3.8) is 0 Å². The Morgan fingerprint density at radius 1 is 1.32 bits per heavy atom. The Morgan fingerprint density at radius 3 is 2.84 bits per heavy atom. The van der Waals surface area contributed by atoms with Gasteiger partial charge in [-0.2, -0.15) is 0 Å². The van der Waals surface area contributed by atoms with Crippen LogP contribution in [0.25, 0.3) is 11.0 Å². The second-order valence-electron chi connectivity index (χ2n) is 4.24. The second-order valence-corrected chi connectivity index (χ2v) is 5.42. The molecule has 19 heavy (non-hydrogen) atoms. The number of aromatic nitrogens is 5. The van der Waals surface area contributed by atoms with Gasteiger partial charge in [-0.3, -0.25) is 0 Å². The number of fused-ring (bicyclic) bond motifs is 1. The molecule has 0 saturated carbocycles. The Kier molecular flexibility index (Phi) is 3.28. The van der Waals surface area contributed by atoms with Gasteiger partial charge in [0.2, 0.25) is 0 Å². The Balaban J connectivity index is 2.15. The Labute approximate surface area is 123 Å². The molecule has 0 fully saturated rings. The predicted octanol–water partition coefficient (Wildman–Crippen LogP) is 2.71. The smallest absolute Gasteiger partial charge is 0.152 e. The zero-order valence-corrected chi connectivity index (χ0v) is 12.6. The van der Waals surface area contributed by atoms with Crippen LogP contribution in [0.1, 0.15) is 11.6 Å². The summed E-state index contributed by atoms with van der Waals surface area (Å²) < 4.78 is 4.97. The summed E-state index contributed by atoms with van der Waals surface area (Å²) >= 11 is 9.47. The molecule has 0 aliphatic carbocycles. The van der Waals surface area contributed by atoms with Crippen LogP contribution in [0, 0.1) is 0 Å². The van der Waals surface area contributed by atoms with Gasteiger partial charge in [0, 0.05) is 11.5 Å². The third kappa shape index (κ3) is 2.26. The number of aryl methyl sites for hydroxylation is 1. The van der Waals surface area contributed by atoms with Crippen molar-refractivity contribution in [3.05, 3.63) is 40.6 Å². The third-order valence-corrected chi connectivity index (χ3v) is 3.75. The average Bonchev–Trinajstić information content (AvgIpc) is 2.95. The average molecular weight is 341 g/mol. The van der Waals surface area contributed by atoms with Crippen molar-refractivity contribution in [1.82, 2.24) is 24.3 Å². The van der Waals surface area contributed by atoms with Crippen LogP contribution in [0.2, 0.25) is 0 Å². The van der Waals surface area contributed by atoms with E-state index in [1.165, 1.54) is 0 Å². The van der Waals surface area contributed by atoms with E-state index in [1.54, 1.807) is 6.33 Å². The summed E-state index contributed by atoms with van der Waals surface area (Å²) in [5.74, 6) is 2.06. The zero-order chi connectivity index (χ0) is 13.4. The molecule has 0 aliphatic rings. The molecule has 0 saturated heterocycles. The van der Waals surface area contributed by atoms with Crippen molar-refractivity contribution in [1.29, 1.82) is 0 Å². The van der Waals surface area contributed by atoms with Crippen molar-refractivity contribution in [2.24, 2.45) is 7.05 Å². The summed E-state index contributed by atoms with van der Waals surface area (Å²) in [6.07, 6.45) is 1.69. The van der Waals surface area contributed by atoms with Gasteiger partial charge in [0.15, 0.2) is 5.82 Å². The molecule has 3 aromatic rings. The molecule has 98 valence electrons. The molecular formula is C12H11BrClN5. The second kappa shape index (κ2) is 4.94. The van der Waals surface area contributed by atoms with Crippen molar-refractivity contribution in [2.75, 3.05) is 0 Å². The molecule has 2 aromatic heterocycles. The normalized spacial score (nSPS) is 11.3. The van der Waals surface area contributed by atoms with Gasteiger partial charge in [-0.05, 0) is 18.2 Å². The molecule has 0 spiro atoms. The first-order valence-electron chi connectivity index (χ1n) is 5.72. The van der Waals surface area contributed by atoms with Crippen molar-refractivity contribution < 1.29 is 0 Å². The Morgan fingerprint density at radius 2 is 2.16 bits per heavy atom. The topological polar surface area (TPSA) is 48.5 Å². The molecule has 5 nitrogen and oxygen atoms in total. The Hall–Kier alpha value is -1.40. The predicted molar refractivity (Wildman–Crippen MR) is 77.1 cm³/mol. The zero-order valence-electron chi connectivity index (χ0n) is 10.2. The van der Waals surface area contributed by atoms with Gasteiger partial charge in [-0.1, -0.05) is 15.9 Å². The third-order valence-electron chi connectivity index (χ3n) is 3.01. The molecule has 3 rings (SSSR count). The standard InChI is InChI=1S/C12H11BrClN5/c1-18-7-15-17-12(18)6-19-10-4-8(13)2-3-9(10)16-11(19)5-14/h2-4,7H,5-6H2,1H3. The van der Waals surface area contributed by atoms with Crippen LogP contribution < -0.4 is 0 Å². The van der Waals surface area contributed by atoms with Crippen molar-refractivity contribution in [2.45, 2.75) is 12.4 Å². The number of imidazole rings is 1. The Bertz CT molecular complexity index is 733. The van der Waals surface area contributed by atoms with Gasteiger partial charge in [0.25, 0.3) is 0 Å². The first-order chi connectivity index (χ1) is 9.19. The molecule has 1 aromatic carbocycles. The molecule has 0 aliphatic heterocycles. The summed E-state index contributed by atoms with van der Waals surface area (Å²) in [6, 6.07) is 5.98. The number of halogens is 2. The number of benzene rings is 1. The lowest BCUT2D eigenvalue weighted by Crippen LogP contribution is -2.08. The first kappa shape index (κ1) is 12.6. The minimum Gasteiger partial charge on any atom is -0.319 e. The number of hydrogen-bond acceptors (Lipinski definition) is 3. The number of hydrogen-bond donors (Lipinski definition) is 0. The molecule has 0 amide bonds. The fourth-order valence-corrected chi connectivity index (χ4v) is 2.57. The minimum atomic E-state index is 0.365. The maximum absolute atomic E-state index is 5.99. The van der Waals surface area contributed by atoms with E-state index in [0.29, 0.717) is 12.4 Å². The summed E-state index contributed by atoms with van der Waals surface area (Å²) in [5, 5.41) is 8.00. The van der Waals surface area contributed by atoms with Crippen LogP contribution in [0.5, 0.6) is 0 Å². The highest BCUT2D eigenvalue weighted by molar-refractivity contribution is 9.10. The molecule has 0 N–H and O–H groups in total. The SMILES string of the molecule is Cn1cnnc1Cn1c(CCl)nc2ccc(Br)cc21. The largest absolute Gasteiger partial charge is 0.319 e. The van der Waals surface area contributed by atoms with Crippen molar-refractivity contribution >= 4 is 38.6 Å². The summed E-state index contributed by atoms with van der Waals surface area (Å²) in [7, 11) is 1.92. The maximum atomic E-state index is 5.99. The highest BCUT2D eigenvalue weighted by atomic mass is 79.9. The van der Waals surface area contributed by atoms with E-state index in [4.69, 9.17) is 11.6 Å². The summed E-state index contributed by atoms with van der Waals surface area (Å²) in [6.45, 7) is 0.603. The lowest BCUT2D eigenvalue weighted by atomic mass is 10.3. The van der Waals surface area contributed by atoms with Crippen LogP contribution in [-0.2, 0) is 19.5 Å². The quantitative estimate of drug-likeness (QED) is 0.689. The van der Waals surface area contributed by atoms with E-state index >= 15 is 0 Å². The number of alkyl halides is 1. The van der Waals surface area contributed by atoms with Crippen LogP contribution in [0.4, 0.5) is 0 Å². The fourth-order valence-electron chi connectivity index (χ4n) is 2.02. The number of nitrogens with zero attached hydrogens (tertiary/aromatic N) is 5. The van der Waals surface area contributed by atoms with Gasteiger partial charge < -0.3 is 9.13 Å². The van der Waals surface area contributed by atoms with Crippen molar-refractivity contribution in [3.8, 4) is 0 Å². The highest BCUT2D eigenvalue weighted by Gasteiger charge is 2.12. The van der Waals surface area contributed by atoms with Crippen LogP contribution >= 0.6 is 27.5 Å². The van der Waals surface area contributed by atoms with E-state index < -0.39 is 0 Å². The molecule has 0 bridgehead atoms. The molecule has 2 heterocycles. The fraction of sp³-hybridized carbons (Fsp3) is 0.250. The lowest BCUT2D eigenvalue weighted by Gasteiger charge is -2.07. The van der Waals surface area contributed by atoms with E-state index in [-0.39, 0.29) is 0 Å². The van der Waals surface area contributed by atoms with E-state index in [2.05, 4.69) is 35.7 Å². The van der Waals surface area contributed by atoms with Crippen LogP contribution in [0.3, 0.4) is 0 Å². The van der Waals surface area contributed by atoms with E-state index in [1.807, 2.05) is 29.8 Å². The van der Waals surface area contributed by atoms with E-state index in [0.717, 1.165) is 27.2 Å². The van der Waals surface area contributed by atoms with Gasteiger partial charge in [-0.25, -0.2) is 4.98 Å². The van der Waals surface area contributed by atoms with Crippen LogP contribution in [0.15, 0.2) is 29.0 Å². The van der Waals surface area contributed by atoms with E-state index in [9.17, 15) is 0 Å². The van der Waals surface area contributed by atoms with Gasteiger partial charge in [0.1, 0.15) is 12.2 Å². The highest BCUT2D eigenvalue weighted by Crippen LogP contribution is 2.22. The molecule has 0 unspecified atom stereocenters. The molecule has 7 heteroatoms. The van der Waals surface area contributed by atoms with Gasteiger partial charge in [-0.15, -0.1) is 21.8 Å². The monoisotopic (exact) mass is 339 g/mol. The van der Waals surface area contributed by atoms with Gasteiger partial charge in [0.05, 0.1) is 23.5 Å². The maximum Gasteiger partial charge on any atom is 0.152 e. The van der Waals surface area contributed by atoms with Crippen LogP contribution in [-0.4, -0.2) is 24.3 Å². The first-order valence-corrected chi connectivity index (χ1v) is 7.05. The lowest BCUT2D eigenvalue weighted by molar-refractivity contribution is 0.691. The summed E-state index contributed by atoms with van der Waals surface area (Å²) in [4.78, 5) is 4.54. The molecular weight excluding hydrogens is 330 g/mol. The molecule has 0 radical (unpaired) electrons. The summed E-state index contributed by atoms with van der Waals surface area (Å²) in [5.41, 5.74) is 1.97. The van der Waals surface area contributed by atoms with Gasteiger partial charge >= 0.3 is 0 Å². The molecule has 0 atom stereocenters. The minimum absolute atomic E-state index is 0.365. The number of rotatable bonds is 3.